The van der Waals surface area contributed by atoms with E-state index >= 15 is 0 Å². The number of hydrogen-bond acceptors (Lipinski definition) is 4. The molecule has 0 radical (unpaired) electrons. The summed E-state index contributed by atoms with van der Waals surface area (Å²) in [6.07, 6.45) is 1.75. The number of esters is 1. The average molecular weight is 428 g/mol. The highest BCUT2D eigenvalue weighted by molar-refractivity contribution is 5.91. The molecule has 0 unspecified atom stereocenters. The van der Waals surface area contributed by atoms with Gasteiger partial charge in [0.2, 0.25) is 0 Å². The normalized spacial score (nSPS) is 11.5. The summed E-state index contributed by atoms with van der Waals surface area (Å²) in [5.41, 5.74) is 5.43. The second-order valence-corrected chi connectivity index (χ2v) is 7.35. The molecule has 2 aromatic carbocycles. The molecule has 4 rings (SSSR count). The lowest BCUT2D eigenvalue weighted by Gasteiger charge is -2.11. The highest BCUT2D eigenvalue weighted by Crippen LogP contribution is 2.26. The van der Waals surface area contributed by atoms with Gasteiger partial charge in [-0.05, 0) is 74.9 Å². The Labute approximate surface area is 184 Å². The van der Waals surface area contributed by atoms with Crippen LogP contribution in [0.3, 0.4) is 0 Å². The lowest BCUT2D eigenvalue weighted by atomic mass is 10.1. The quantitative estimate of drug-likeness (QED) is 0.343. The number of nitriles is 1. The smallest absolute Gasteiger partial charge is 0.338 e. The molecule has 2 aromatic heterocycles. The van der Waals surface area contributed by atoms with Crippen LogP contribution in [-0.2, 0) is 4.74 Å². The minimum absolute atomic E-state index is 0.310. The second kappa shape index (κ2) is 8.52. The van der Waals surface area contributed by atoms with Crippen LogP contribution in [0.5, 0.6) is 0 Å². The monoisotopic (exact) mass is 428 g/mol. The van der Waals surface area contributed by atoms with E-state index in [1.54, 1.807) is 31.2 Å². The fourth-order valence-electron chi connectivity index (χ4n) is 3.74. The predicted molar refractivity (Wildman–Crippen MR) is 121 cm³/mol. The Kier molecular flexibility index (Phi) is 5.61. The van der Waals surface area contributed by atoms with E-state index in [0.29, 0.717) is 34.6 Å². The molecule has 0 aliphatic carbocycles. The van der Waals surface area contributed by atoms with E-state index in [9.17, 15) is 14.4 Å². The van der Waals surface area contributed by atoms with E-state index in [4.69, 9.17) is 4.74 Å². The van der Waals surface area contributed by atoms with E-state index in [2.05, 4.69) is 16.0 Å². The molecular weight excluding hydrogens is 407 g/mol. The minimum Gasteiger partial charge on any atom is -0.462 e. The molecule has 32 heavy (non-hydrogen) atoms. The SMILES string of the molecule is CCOC(=O)c1cccc(-n2c(C)cc(/C=C(/C#N)c3nc4ccc(F)cc4[nH]3)c2C)c1. The van der Waals surface area contributed by atoms with Crippen molar-refractivity contribution in [1.82, 2.24) is 14.5 Å². The number of carbonyl (C=O) groups excluding carboxylic acids is 1. The number of nitrogens with one attached hydrogen (secondary N) is 1. The molecule has 1 N–H and O–H groups in total. The fourth-order valence-corrected chi connectivity index (χ4v) is 3.74. The molecule has 7 heteroatoms. The van der Waals surface area contributed by atoms with Crippen LogP contribution in [0.25, 0.3) is 28.4 Å². The Balaban J connectivity index is 1.75. The highest BCUT2D eigenvalue weighted by atomic mass is 19.1. The minimum atomic E-state index is -0.371. The van der Waals surface area contributed by atoms with Crippen molar-refractivity contribution in [2.75, 3.05) is 6.61 Å². The van der Waals surface area contributed by atoms with Crippen LogP contribution in [0.1, 0.15) is 40.1 Å². The van der Waals surface area contributed by atoms with E-state index in [0.717, 1.165) is 22.6 Å². The van der Waals surface area contributed by atoms with Crippen LogP contribution in [0.2, 0.25) is 0 Å². The van der Waals surface area contributed by atoms with Crippen molar-refractivity contribution in [2.24, 2.45) is 0 Å². The number of nitrogens with zero attached hydrogens (tertiary/aromatic N) is 3. The van der Waals surface area contributed by atoms with E-state index < -0.39 is 0 Å². The number of aryl methyl sites for hydroxylation is 1. The Hall–Kier alpha value is -4.18. The van der Waals surface area contributed by atoms with Gasteiger partial charge in [0.05, 0.1) is 28.8 Å². The number of H-pyrrole nitrogens is 1. The van der Waals surface area contributed by atoms with Crippen molar-refractivity contribution in [1.29, 1.82) is 5.26 Å². The number of benzene rings is 2. The first kappa shape index (κ1) is 21.1. The number of allylic oxidation sites excluding steroid dienone is 1. The summed E-state index contributed by atoms with van der Waals surface area (Å²) in [6.45, 7) is 5.98. The summed E-state index contributed by atoms with van der Waals surface area (Å²) < 4.78 is 20.6. The topological polar surface area (TPSA) is 83.7 Å². The number of rotatable bonds is 5. The Morgan fingerprint density at radius 2 is 2.06 bits per heavy atom. The summed E-state index contributed by atoms with van der Waals surface area (Å²) in [5, 5.41) is 9.74. The van der Waals surface area contributed by atoms with E-state index in [-0.39, 0.29) is 11.8 Å². The molecular formula is C25H21FN4O2. The van der Waals surface area contributed by atoms with Crippen molar-refractivity contribution in [3.8, 4) is 11.8 Å². The van der Waals surface area contributed by atoms with Crippen LogP contribution < -0.4 is 0 Å². The van der Waals surface area contributed by atoms with Gasteiger partial charge in [0.25, 0.3) is 0 Å². The number of halogens is 1. The molecule has 0 aliphatic rings. The lowest BCUT2D eigenvalue weighted by Crippen LogP contribution is -2.06. The molecule has 0 saturated heterocycles. The van der Waals surface area contributed by atoms with Crippen molar-refractivity contribution in [3.05, 3.63) is 82.7 Å². The zero-order chi connectivity index (χ0) is 22.8. The fraction of sp³-hybridized carbons (Fsp3) is 0.160. The number of aromatic amines is 1. The molecule has 0 atom stereocenters. The maximum Gasteiger partial charge on any atom is 0.338 e. The van der Waals surface area contributed by atoms with Crippen LogP contribution in [0.15, 0.2) is 48.5 Å². The molecule has 0 fully saturated rings. The van der Waals surface area contributed by atoms with Crippen molar-refractivity contribution >= 4 is 28.7 Å². The van der Waals surface area contributed by atoms with Crippen LogP contribution in [0.4, 0.5) is 4.39 Å². The first-order valence-electron chi connectivity index (χ1n) is 10.1. The van der Waals surface area contributed by atoms with Gasteiger partial charge in [-0.25, -0.2) is 14.2 Å². The third kappa shape index (κ3) is 3.91. The van der Waals surface area contributed by atoms with Crippen LogP contribution in [0, 0.1) is 31.0 Å². The van der Waals surface area contributed by atoms with E-state index in [1.165, 1.54) is 12.1 Å². The summed E-state index contributed by atoms with van der Waals surface area (Å²) in [4.78, 5) is 19.6. The van der Waals surface area contributed by atoms with Gasteiger partial charge in [0.15, 0.2) is 0 Å². The molecule has 6 nitrogen and oxygen atoms in total. The van der Waals surface area contributed by atoms with Gasteiger partial charge in [-0.2, -0.15) is 5.26 Å². The maximum absolute atomic E-state index is 13.5. The van der Waals surface area contributed by atoms with Gasteiger partial charge in [-0.3, -0.25) is 0 Å². The second-order valence-electron chi connectivity index (χ2n) is 7.35. The van der Waals surface area contributed by atoms with Gasteiger partial charge in [0.1, 0.15) is 17.7 Å². The number of aromatic nitrogens is 3. The van der Waals surface area contributed by atoms with Gasteiger partial charge < -0.3 is 14.3 Å². The summed E-state index contributed by atoms with van der Waals surface area (Å²) in [5.74, 6) is -0.365. The summed E-state index contributed by atoms with van der Waals surface area (Å²) in [7, 11) is 0. The Bertz CT molecular complexity index is 1410. The highest BCUT2D eigenvalue weighted by Gasteiger charge is 2.15. The molecule has 4 aromatic rings. The standard InChI is InChI=1S/C25H21FN4O2/c1-4-32-25(31)17-6-5-7-21(12-17)30-15(2)10-18(16(30)3)11-19(14-27)24-28-22-9-8-20(26)13-23(22)29-24/h5-13H,4H2,1-3H3,(H,28,29)/b19-11-. The van der Waals surface area contributed by atoms with Crippen molar-refractivity contribution in [2.45, 2.75) is 20.8 Å². The number of fused-ring (bicyclic) bond motifs is 1. The predicted octanol–water partition coefficient (Wildman–Crippen LogP) is 5.35. The number of hydrogen-bond donors (Lipinski definition) is 1. The van der Waals surface area contributed by atoms with Gasteiger partial charge in [-0.15, -0.1) is 0 Å². The van der Waals surface area contributed by atoms with Crippen molar-refractivity contribution < 1.29 is 13.9 Å². The van der Waals surface area contributed by atoms with Crippen LogP contribution in [-0.4, -0.2) is 27.1 Å². The number of ether oxygens (including phenoxy) is 1. The first-order chi connectivity index (χ1) is 15.4. The third-order valence-electron chi connectivity index (χ3n) is 5.21. The summed E-state index contributed by atoms with van der Waals surface area (Å²) in [6, 6.07) is 15.6. The largest absolute Gasteiger partial charge is 0.462 e. The zero-order valence-corrected chi connectivity index (χ0v) is 17.9. The number of imidazole rings is 1. The van der Waals surface area contributed by atoms with Gasteiger partial charge in [-0.1, -0.05) is 6.07 Å². The maximum atomic E-state index is 13.5. The molecule has 160 valence electrons. The number of carbonyl (C=O) groups is 1. The molecule has 0 spiro atoms. The lowest BCUT2D eigenvalue weighted by molar-refractivity contribution is 0.0526. The molecule has 2 heterocycles. The van der Waals surface area contributed by atoms with Gasteiger partial charge in [0, 0.05) is 17.1 Å². The average Bonchev–Trinajstić information content (AvgIpc) is 3.31. The van der Waals surface area contributed by atoms with E-state index in [1.807, 2.05) is 36.6 Å². The Morgan fingerprint density at radius 1 is 1.25 bits per heavy atom. The summed E-state index contributed by atoms with van der Waals surface area (Å²) >= 11 is 0. The molecule has 0 bridgehead atoms. The molecule has 0 saturated carbocycles. The van der Waals surface area contributed by atoms with Crippen molar-refractivity contribution in [3.63, 3.8) is 0 Å². The molecule has 0 aliphatic heterocycles. The van der Waals surface area contributed by atoms with Crippen LogP contribution >= 0.6 is 0 Å². The first-order valence-corrected chi connectivity index (χ1v) is 10.1. The molecule has 0 amide bonds. The van der Waals surface area contributed by atoms with Gasteiger partial charge >= 0.3 is 5.97 Å². The zero-order valence-electron chi connectivity index (χ0n) is 17.9. The third-order valence-corrected chi connectivity index (χ3v) is 5.21. The Morgan fingerprint density at radius 3 is 2.81 bits per heavy atom.